The Kier molecular flexibility index (Phi) is 4.97. The maximum absolute atomic E-state index is 12.5. The van der Waals surface area contributed by atoms with Crippen molar-refractivity contribution in [1.29, 1.82) is 0 Å². The van der Waals surface area contributed by atoms with Crippen molar-refractivity contribution in [2.45, 2.75) is 24.9 Å². The Bertz CT molecular complexity index is 720. The lowest BCUT2D eigenvalue weighted by Gasteiger charge is -2.38. The lowest BCUT2D eigenvalue weighted by atomic mass is 9.77. The molecule has 2 aromatic rings. The SMILES string of the molecule is COC(=O)C1(c2cn[nH]n2)CCCN(C(=O)OCc2ccccc2)C1. The van der Waals surface area contributed by atoms with Gasteiger partial charge in [0.2, 0.25) is 0 Å². The Hall–Kier alpha value is -2.90. The number of carbonyl (C=O) groups is 2. The minimum Gasteiger partial charge on any atom is -0.468 e. The molecular formula is C17H20N4O4. The van der Waals surface area contributed by atoms with Gasteiger partial charge < -0.3 is 14.4 Å². The lowest BCUT2D eigenvalue weighted by Crippen LogP contribution is -2.53. The van der Waals surface area contributed by atoms with E-state index in [1.165, 1.54) is 18.2 Å². The number of methoxy groups -OCH3 is 1. The third kappa shape index (κ3) is 3.47. The van der Waals surface area contributed by atoms with Crippen molar-refractivity contribution in [3.05, 3.63) is 47.8 Å². The Morgan fingerprint density at radius 2 is 2.12 bits per heavy atom. The van der Waals surface area contributed by atoms with Gasteiger partial charge in [0.1, 0.15) is 17.7 Å². The summed E-state index contributed by atoms with van der Waals surface area (Å²) in [5.41, 5.74) is 0.356. The molecule has 1 unspecified atom stereocenters. The molecule has 8 heteroatoms. The molecule has 2 heterocycles. The lowest BCUT2D eigenvalue weighted by molar-refractivity contribution is -0.150. The summed E-state index contributed by atoms with van der Waals surface area (Å²) < 4.78 is 10.4. The summed E-state index contributed by atoms with van der Waals surface area (Å²) in [6.45, 7) is 0.857. The van der Waals surface area contributed by atoms with Crippen molar-refractivity contribution in [1.82, 2.24) is 20.3 Å². The fourth-order valence-corrected chi connectivity index (χ4v) is 3.13. The first kappa shape index (κ1) is 16.9. The number of benzene rings is 1. The van der Waals surface area contributed by atoms with Gasteiger partial charge in [0.05, 0.1) is 13.3 Å². The first-order chi connectivity index (χ1) is 12.2. The van der Waals surface area contributed by atoms with Crippen LogP contribution in [0.15, 0.2) is 36.5 Å². The highest BCUT2D eigenvalue weighted by molar-refractivity contribution is 5.84. The number of nitrogens with zero attached hydrogens (tertiary/aromatic N) is 3. The van der Waals surface area contributed by atoms with E-state index < -0.39 is 17.5 Å². The topological polar surface area (TPSA) is 97.4 Å². The van der Waals surface area contributed by atoms with E-state index in [1.807, 2.05) is 30.3 Å². The monoisotopic (exact) mass is 344 g/mol. The van der Waals surface area contributed by atoms with Crippen LogP contribution in [0.25, 0.3) is 0 Å². The van der Waals surface area contributed by atoms with Crippen LogP contribution in [-0.2, 0) is 26.3 Å². The quantitative estimate of drug-likeness (QED) is 0.847. The molecule has 8 nitrogen and oxygen atoms in total. The summed E-state index contributed by atoms with van der Waals surface area (Å²) in [5.74, 6) is -0.429. The summed E-state index contributed by atoms with van der Waals surface area (Å²) in [5, 5.41) is 10.4. The number of H-pyrrole nitrogens is 1. The molecule has 25 heavy (non-hydrogen) atoms. The van der Waals surface area contributed by atoms with Gasteiger partial charge in [-0.2, -0.15) is 15.4 Å². The zero-order valence-electron chi connectivity index (χ0n) is 14.0. The van der Waals surface area contributed by atoms with Gasteiger partial charge in [-0.05, 0) is 18.4 Å². The highest BCUT2D eigenvalue weighted by Gasteiger charge is 2.48. The van der Waals surface area contributed by atoms with Gasteiger partial charge in [-0.1, -0.05) is 30.3 Å². The van der Waals surface area contributed by atoms with Crippen LogP contribution in [0.2, 0.25) is 0 Å². The number of piperidine rings is 1. The number of aromatic nitrogens is 3. The zero-order chi connectivity index (χ0) is 17.7. The van der Waals surface area contributed by atoms with Crippen molar-refractivity contribution < 1.29 is 19.1 Å². The molecular weight excluding hydrogens is 324 g/mol. The summed E-state index contributed by atoms with van der Waals surface area (Å²) in [6.07, 6.45) is 2.22. The van der Waals surface area contributed by atoms with E-state index in [0.29, 0.717) is 25.1 Å². The zero-order valence-corrected chi connectivity index (χ0v) is 14.0. The summed E-state index contributed by atoms with van der Waals surface area (Å²) in [4.78, 5) is 26.4. The first-order valence-electron chi connectivity index (χ1n) is 8.06. The maximum Gasteiger partial charge on any atom is 0.410 e. The molecule has 1 aliphatic heterocycles. The number of carbonyl (C=O) groups excluding carboxylic acids is 2. The van der Waals surface area contributed by atoms with Crippen molar-refractivity contribution in [2.75, 3.05) is 20.2 Å². The number of aromatic amines is 1. The van der Waals surface area contributed by atoms with E-state index in [9.17, 15) is 9.59 Å². The first-order valence-corrected chi connectivity index (χ1v) is 8.06. The van der Waals surface area contributed by atoms with Crippen molar-refractivity contribution in [3.8, 4) is 0 Å². The van der Waals surface area contributed by atoms with Gasteiger partial charge in [-0.3, -0.25) is 4.79 Å². The van der Waals surface area contributed by atoms with E-state index in [-0.39, 0.29) is 13.2 Å². The molecule has 3 rings (SSSR count). The van der Waals surface area contributed by atoms with Crippen LogP contribution in [0, 0.1) is 0 Å². The number of nitrogens with one attached hydrogen (secondary N) is 1. The van der Waals surface area contributed by atoms with Crippen LogP contribution in [0.5, 0.6) is 0 Å². The van der Waals surface area contributed by atoms with Crippen LogP contribution < -0.4 is 0 Å². The second-order valence-electron chi connectivity index (χ2n) is 5.99. The predicted octanol–water partition coefficient (Wildman–Crippen LogP) is 1.65. The molecule has 1 aromatic heterocycles. The smallest absolute Gasteiger partial charge is 0.410 e. The average molecular weight is 344 g/mol. The molecule has 1 fully saturated rings. The molecule has 0 radical (unpaired) electrons. The second kappa shape index (κ2) is 7.33. The third-order valence-electron chi connectivity index (χ3n) is 4.44. The van der Waals surface area contributed by atoms with Gasteiger partial charge >= 0.3 is 12.1 Å². The summed E-state index contributed by atoms with van der Waals surface area (Å²) in [6, 6.07) is 9.45. The van der Waals surface area contributed by atoms with Crippen LogP contribution in [-0.4, -0.2) is 52.6 Å². The number of hydrogen-bond acceptors (Lipinski definition) is 6. The van der Waals surface area contributed by atoms with Gasteiger partial charge in [-0.25, -0.2) is 4.79 Å². The van der Waals surface area contributed by atoms with Crippen LogP contribution in [0.3, 0.4) is 0 Å². The largest absolute Gasteiger partial charge is 0.468 e. The molecule has 1 atom stereocenters. The van der Waals surface area contributed by atoms with E-state index in [2.05, 4.69) is 15.4 Å². The molecule has 0 bridgehead atoms. The van der Waals surface area contributed by atoms with E-state index in [1.54, 1.807) is 0 Å². The highest BCUT2D eigenvalue weighted by Crippen LogP contribution is 2.34. The molecule has 1 amide bonds. The van der Waals surface area contributed by atoms with Gasteiger partial charge in [-0.15, -0.1) is 0 Å². The number of amides is 1. The normalized spacial score (nSPS) is 20.1. The molecule has 132 valence electrons. The van der Waals surface area contributed by atoms with Crippen LogP contribution in [0.4, 0.5) is 4.79 Å². The molecule has 0 spiro atoms. The maximum atomic E-state index is 12.5. The summed E-state index contributed by atoms with van der Waals surface area (Å²) >= 11 is 0. The molecule has 1 aromatic carbocycles. The predicted molar refractivity (Wildman–Crippen MR) is 87.5 cm³/mol. The third-order valence-corrected chi connectivity index (χ3v) is 4.44. The van der Waals surface area contributed by atoms with Gasteiger partial charge in [0, 0.05) is 13.1 Å². The van der Waals surface area contributed by atoms with Crippen LogP contribution in [0.1, 0.15) is 24.1 Å². The van der Waals surface area contributed by atoms with Crippen LogP contribution >= 0.6 is 0 Å². The Morgan fingerprint density at radius 3 is 2.80 bits per heavy atom. The van der Waals surface area contributed by atoms with Crippen molar-refractivity contribution in [3.63, 3.8) is 0 Å². The average Bonchev–Trinajstić information content (AvgIpc) is 3.21. The minimum absolute atomic E-state index is 0.153. The molecule has 1 aliphatic rings. The number of hydrogen-bond donors (Lipinski definition) is 1. The highest BCUT2D eigenvalue weighted by atomic mass is 16.6. The minimum atomic E-state index is -1.02. The number of ether oxygens (including phenoxy) is 2. The molecule has 1 saturated heterocycles. The fraction of sp³-hybridized carbons (Fsp3) is 0.412. The fourth-order valence-electron chi connectivity index (χ4n) is 3.13. The Morgan fingerprint density at radius 1 is 1.32 bits per heavy atom. The van der Waals surface area contributed by atoms with E-state index in [0.717, 1.165) is 5.56 Å². The van der Waals surface area contributed by atoms with Crippen molar-refractivity contribution >= 4 is 12.1 Å². The number of esters is 1. The van der Waals surface area contributed by atoms with Crippen molar-refractivity contribution in [2.24, 2.45) is 0 Å². The van der Waals surface area contributed by atoms with E-state index in [4.69, 9.17) is 9.47 Å². The number of likely N-dealkylation sites (tertiary alicyclic amines) is 1. The second-order valence-corrected chi connectivity index (χ2v) is 5.99. The Balaban J connectivity index is 1.72. The molecule has 0 saturated carbocycles. The summed E-state index contributed by atoms with van der Waals surface area (Å²) in [7, 11) is 1.33. The molecule has 0 aliphatic carbocycles. The van der Waals surface area contributed by atoms with Gasteiger partial charge in [0.25, 0.3) is 0 Å². The van der Waals surface area contributed by atoms with E-state index >= 15 is 0 Å². The standard InChI is InChI=1S/C17H20N4O4/c1-24-15(22)17(14-10-18-20-19-14)8-5-9-21(12-17)16(23)25-11-13-6-3-2-4-7-13/h2-4,6-7,10H,5,8-9,11-12H2,1H3,(H,18,19,20). The van der Waals surface area contributed by atoms with Gasteiger partial charge in [0.15, 0.2) is 0 Å². The Labute approximate surface area is 145 Å². The number of rotatable bonds is 4. The molecule has 1 N–H and O–H groups in total.